The highest BCUT2D eigenvalue weighted by atomic mass is 35.5. The molecule has 0 unspecified atom stereocenters. The Labute approximate surface area is 140 Å². The first-order valence-electron chi connectivity index (χ1n) is 6.94. The predicted octanol–water partition coefficient (Wildman–Crippen LogP) is 3.43. The van der Waals surface area contributed by atoms with Crippen molar-refractivity contribution in [3.63, 3.8) is 0 Å². The summed E-state index contributed by atoms with van der Waals surface area (Å²) in [7, 11) is 0. The van der Waals surface area contributed by atoms with Gasteiger partial charge in [-0.05, 0) is 17.7 Å². The van der Waals surface area contributed by atoms with Crippen molar-refractivity contribution in [2.75, 3.05) is 5.32 Å². The van der Waals surface area contributed by atoms with Gasteiger partial charge in [-0.2, -0.15) is 19.0 Å². The van der Waals surface area contributed by atoms with Gasteiger partial charge < -0.3 is 5.32 Å². The van der Waals surface area contributed by atoms with E-state index in [4.69, 9.17) is 11.6 Å². The highest BCUT2D eigenvalue weighted by molar-refractivity contribution is 6.31. The summed E-state index contributed by atoms with van der Waals surface area (Å²) < 4.78 is 26.9. The first-order valence-corrected chi connectivity index (χ1v) is 7.32. The van der Waals surface area contributed by atoms with Crippen molar-refractivity contribution in [1.29, 1.82) is 0 Å². The summed E-state index contributed by atoms with van der Waals surface area (Å²) in [4.78, 5) is 12.0. The van der Waals surface area contributed by atoms with Crippen LogP contribution >= 0.6 is 11.6 Å². The lowest BCUT2D eigenvalue weighted by molar-refractivity contribution is 0.0561. The summed E-state index contributed by atoms with van der Waals surface area (Å²) in [6.07, 6.45) is 2.71. The molecular formula is C15H12ClF2N5O. The van der Waals surface area contributed by atoms with Crippen LogP contribution in [0.1, 0.15) is 22.6 Å². The lowest BCUT2D eigenvalue weighted by atomic mass is 10.2. The van der Waals surface area contributed by atoms with Crippen molar-refractivity contribution in [3.05, 3.63) is 65.1 Å². The average Bonchev–Trinajstić information content (AvgIpc) is 3.19. The quantitative estimate of drug-likeness (QED) is 0.766. The molecule has 2 aromatic heterocycles. The maximum absolute atomic E-state index is 12.5. The van der Waals surface area contributed by atoms with E-state index in [1.807, 2.05) is 18.2 Å². The summed E-state index contributed by atoms with van der Waals surface area (Å²) in [6, 6.07) is 10.2. The fourth-order valence-corrected chi connectivity index (χ4v) is 2.26. The molecule has 2 heterocycles. The highest BCUT2D eigenvalue weighted by Gasteiger charge is 2.14. The number of nitrogens with one attached hydrogen (secondary N) is 1. The van der Waals surface area contributed by atoms with Crippen LogP contribution in [0.2, 0.25) is 5.02 Å². The molecule has 0 atom stereocenters. The van der Waals surface area contributed by atoms with Crippen molar-refractivity contribution >= 4 is 23.3 Å². The smallest absolute Gasteiger partial charge is 0.304 e. The van der Waals surface area contributed by atoms with Gasteiger partial charge in [0.2, 0.25) is 0 Å². The van der Waals surface area contributed by atoms with Crippen LogP contribution in [-0.4, -0.2) is 25.5 Å². The normalized spacial score (nSPS) is 11.0. The number of halogens is 3. The van der Waals surface area contributed by atoms with Gasteiger partial charge in [-0.25, -0.2) is 4.68 Å². The SMILES string of the molecule is O=C(Nc1ccn(Cc2ccccc2Cl)n1)c1ccn(C(F)F)n1. The molecule has 0 saturated carbocycles. The number of carbonyl (C=O) groups excluding carboxylic acids is 1. The monoisotopic (exact) mass is 351 g/mol. The zero-order valence-electron chi connectivity index (χ0n) is 12.2. The summed E-state index contributed by atoms with van der Waals surface area (Å²) in [5.74, 6) is -0.323. The molecule has 24 heavy (non-hydrogen) atoms. The third kappa shape index (κ3) is 3.60. The number of alkyl halides is 2. The molecule has 124 valence electrons. The molecule has 0 saturated heterocycles. The molecule has 0 aliphatic carbocycles. The van der Waals surface area contributed by atoms with Crippen molar-refractivity contribution in [1.82, 2.24) is 19.6 Å². The van der Waals surface area contributed by atoms with E-state index in [-0.39, 0.29) is 5.69 Å². The van der Waals surface area contributed by atoms with Gasteiger partial charge in [0.05, 0.1) is 6.54 Å². The molecule has 0 spiro atoms. The maximum atomic E-state index is 12.5. The fraction of sp³-hybridized carbons (Fsp3) is 0.133. The van der Waals surface area contributed by atoms with Crippen LogP contribution in [0.25, 0.3) is 0 Å². The van der Waals surface area contributed by atoms with Gasteiger partial charge in [0, 0.05) is 23.5 Å². The second kappa shape index (κ2) is 6.79. The third-order valence-corrected chi connectivity index (χ3v) is 3.58. The first-order chi connectivity index (χ1) is 11.5. The zero-order chi connectivity index (χ0) is 17.1. The summed E-state index contributed by atoms with van der Waals surface area (Å²) in [6.45, 7) is -2.35. The van der Waals surface area contributed by atoms with Gasteiger partial charge in [-0.3, -0.25) is 9.48 Å². The van der Waals surface area contributed by atoms with Gasteiger partial charge in [0.15, 0.2) is 11.5 Å². The molecule has 0 bridgehead atoms. The van der Waals surface area contributed by atoms with Crippen molar-refractivity contribution in [3.8, 4) is 0 Å². The molecule has 0 aliphatic rings. The Morgan fingerprint density at radius 3 is 2.67 bits per heavy atom. The fourth-order valence-electron chi connectivity index (χ4n) is 2.07. The van der Waals surface area contributed by atoms with E-state index in [2.05, 4.69) is 15.5 Å². The van der Waals surface area contributed by atoms with Crippen LogP contribution in [0, 0.1) is 0 Å². The molecule has 3 aromatic rings. The Morgan fingerprint density at radius 1 is 1.17 bits per heavy atom. The van der Waals surface area contributed by atoms with E-state index in [9.17, 15) is 13.6 Å². The molecule has 6 nitrogen and oxygen atoms in total. The van der Waals surface area contributed by atoms with Crippen LogP contribution < -0.4 is 5.32 Å². The molecule has 1 amide bonds. The Hall–Kier alpha value is -2.74. The standard InChI is InChI=1S/C15H12ClF2N5O/c16-11-4-2-1-3-10(11)9-22-7-6-13(21-22)19-14(24)12-5-8-23(20-12)15(17)18/h1-8,15H,9H2,(H,19,21,24). The molecule has 1 aromatic carbocycles. The first kappa shape index (κ1) is 16.1. The number of hydrogen-bond donors (Lipinski definition) is 1. The molecule has 0 fully saturated rings. The number of hydrogen-bond acceptors (Lipinski definition) is 3. The minimum absolute atomic E-state index is 0.115. The Kier molecular flexibility index (Phi) is 4.57. The van der Waals surface area contributed by atoms with Crippen LogP contribution in [0.4, 0.5) is 14.6 Å². The highest BCUT2D eigenvalue weighted by Crippen LogP contribution is 2.16. The summed E-state index contributed by atoms with van der Waals surface area (Å²) in [5, 5.41) is 10.8. The van der Waals surface area contributed by atoms with Crippen molar-refractivity contribution < 1.29 is 13.6 Å². The Morgan fingerprint density at radius 2 is 1.96 bits per heavy atom. The van der Waals surface area contributed by atoms with Gasteiger partial charge >= 0.3 is 6.55 Å². The maximum Gasteiger partial charge on any atom is 0.333 e. The number of aromatic nitrogens is 4. The molecule has 0 radical (unpaired) electrons. The van der Waals surface area contributed by atoms with Crippen LogP contribution in [0.15, 0.2) is 48.8 Å². The van der Waals surface area contributed by atoms with Crippen LogP contribution in [0.3, 0.4) is 0 Å². The minimum atomic E-state index is -2.79. The topological polar surface area (TPSA) is 64.7 Å². The zero-order valence-corrected chi connectivity index (χ0v) is 13.0. The number of benzene rings is 1. The van der Waals surface area contributed by atoms with Gasteiger partial charge in [0.1, 0.15) is 0 Å². The van der Waals surface area contributed by atoms with Gasteiger partial charge in [-0.15, -0.1) is 0 Å². The number of nitrogens with zero attached hydrogens (tertiary/aromatic N) is 4. The van der Waals surface area contributed by atoms with E-state index < -0.39 is 12.5 Å². The molecular weight excluding hydrogens is 340 g/mol. The van der Waals surface area contributed by atoms with E-state index in [1.54, 1.807) is 23.0 Å². The Bertz CT molecular complexity index is 861. The number of rotatable bonds is 5. The number of amides is 1. The van der Waals surface area contributed by atoms with E-state index >= 15 is 0 Å². The van der Waals surface area contributed by atoms with E-state index in [0.29, 0.717) is 22.1 Å². The van der Waals surface area contributed by atoms with E-state index in [1.165, 1.54) is 6.07 Å². The van der Waals surface area contributed by atoms with Gasteiger partial charge in [0.25, 0.3) is 5.91 Å². The summed E-state index contributed by atoms with van der Waals surface area (Å²) in [5.41, 5.74) is 0.770. The van der Waals surface area contributed by atoms with Crippen LogP contribution in [-0.2, 0) is 6.54 Å². The molecule has 3 rings (SSSR count). The second-order valence-electron chi connectivity index (χ2n) is 4.90. The summed E-state index contributed by atoms with van der Waals surface area (Å²) >= 11 is 6.09. The lowest BCUT2D eigenvalue weighted by Gasteiger charge is -2.04. The largest absolute Gasteiger partial charge is 0.333 e. The predicted molar refractivity (Wildman–Crippen MR) is 84.2 cm³/mol. The van der Waals surface area contributed by atoms with E-state index in [0.717, 1.165) is 11.8 Å². The minimum Gasteiger partial charge on any atom is -0.304 e. The van der Waals surface area contributed by atoms with Crippen molar-refractivity contribution in [2.45, 2.75) is 13.1 Å². The van der Waals surface area contributed by atoms with Gasteiger partial charge in [-0.1, -0.05) is 29.8 Å². The Balaban J connectivity index is 1.67. The molecule has 9 heteroatoms. The molecule has 1 N–H and O–H groups in total. The molecule has 0 aliphatic heterocycles. The lowest BCUT2D eigenvalue weighted by Crippen LogP contribution is -2.14. The van der Waals surface area contributed by atoms with Crippen LogP contribution in [0.5, 0.6) is 0 Å². The second-order valence-corrected chi connectivity index (χ2v) is 5.31. The number of anilines is 1. The third-order valence-electron chi connectivity index (χ3n) is 3.21. The number of carbonyl (C=O) groups is 1. The average molecular weight is 352 g/mol. The van der Waals surface area contributed by atoms with Crippen molar-refractivity contribution in [2.24, 2.45) is 0 Å².